The Morgan fingerprint density at radius 3 is 1.56 bits per heavy atom. The summed E-state index contributed by atoms with van der Waals surface area (Å²) >= 11 is 0. The number of hydrogen-bond acceptors (Lipinski definition) is 11. The lowest BCUT2D eigenvalue weighted by molar-refractivity contribution is -0.187. The highest BCUT2D eigenvalue weighted by Crippen LogP contribution is 2.25. The normalized spacial score (nSPS) is 24.4. The van der Waals surface area contributed by atoms with Gasteiger partial charge in [0.05, 0.1) is 44.7 Å². The molecule has 0 unspecified atom stereocenters. The van der Waals surface area contributed by atoms with Crippen molar-refractivity contribution in [3.8, 4) is 0 Å². The molecule has 1 saturated heterocycles. The molecule has 34 heavy (non-hydrogen) atoms. The predicted octanol–water partition coefficient (Wildman–Crippen LogP) is -5.79. The number of aliphatic hydroxyl groups excluding tert-OH is 5. The maximum Gasteiger partial charge on any atom is 0.336 e. The van der Waals surface area contributed by atoms with Crippen LogP contribution in [-0.2, 0) is 19.2 Å². The van der Waals surface area contributed by atoms with Crippen molar-refractivity contribution < 1.29 is 65.1 Å². The van der Waals surface area contributed by atoms with Gasteiger partial charge in [-0.05, 0) is 0 Å². The van der Waals surface area contributed by atoms with Crippen molar-refractivity contribution in [3.63, 3.8) is 0 Å². The third kappa shape index (κ3) is 8.04. The van der Waals surface area contributed by atoms with Crippen molar-refractivity contribution in [1.29, 1.82) is 5.41 Å². The number of hydrogen-bond donors (Lipinski definition) is 11. The minimum Gasteiger partial charge on any atom is -0.481 e. The first-order chi connectivity index (χ1) is 15.5. The number of likely N-dealkylation sites (N-methyl/N-ethyl adjacent to an activating group) is 1. The summed E-state index contributed by atoms with van der Waals surface area (Å²) in [6.07, 6.45) is -6.99. The maximum absolute atomic E-state index is 12.3. The lowest BCUT2D eigenvalue weighted by Crippen LogP contribution is -2.70. The van der Waals surface area contributed by atoms with E-state index in [9.17, 15) is 44.7 Å². The number of aliphatic hydroxyl groups is 6. The SMILES string of the molecule is CN(CC(=O)N1[C@H](CO)[C@@H](O)C(O)[C@H](O)[C@H]1CO)C(=N)N.O=C(O)CC(O)(CC(=O)O)C(=O)O. The summed E-state index contributed by atoms with van der Waals surface area (Å²) in [6.45, 7) is -1.65. The number of likely N-dealkylation sites (tertiary alicyclic amines) is 1. The molecule has 196 valence electrons. The topological polar surface area (TPSA) is 307 Å². The molecule has 0 aromatic heterocycles. The predicted molar refractivity (Wildman–Crippen MR) is 108 cm³/mol. The summed E-state index contributed by atoms with van der Waals surface area (Å²) < 4.78 is 0. The minimum atomic E-state index is -2.74. The van der Waals surface area contributed by atoms with Crippen LogP contribution in [0.5, 0.6) is 0 Å². The van der Waals surface area contributed by atoms with Gasteiger partial charge in [0.1, 0.15) is 18.3 Å². The lowest BCUT2D eigenvalue weighted by atomic mass is 9.88. The molecule has 1 heterocycles. The molecule has 12 N–H and O–H groups in total. The van der Waals surface area contributed by atoms with Crippen LogP contribution in [0.25, 0.3) is 0 Å². The molecule has 0 radical (unpaired) electrons. The number of guanidine groups is 1. The molecule has 0 bridgehead atoms. The van der Waals surface area contributed by atoms with E-state index in [0.717, 1.165) is 9.80 Å². The Morgan fingerprint density at radius 1 is 0.912 bits per heavy atom. The smallest absolute Gasteiger partial charge is 0.336 e. The fourth-order valence-corrected chi connectivity index (χ4v) is 3.08. The highest BCUT2D eigenvalue weighted by atomic mass is 16.4. The molecular weight excluding hydrogens is 468 g/mol. The molecule has 0 spiro atoms. The van der Waals surface area contributed by atoms with Gasteiger partial charge in [0.15, 0.2) is 11.6 Å². The van der Waals surface area contributed by atoms with E-state index >= 15 is 0 Å². The van der Waals surface area contributed by atoms with E-state index in [-0.39, 0.29) is 12.5 Å². The van der Waals surface area contributed by atoms with E-state index in [1.807, 2.05) is 0 Å². The van der Waals surface area contributed by atoms with Gasteiger partial charge >= 0.3 is 17.9 Å². The van der Waals surface area contributed by atoms with Gasteiger partial charge in [-0.3, -0.25) is 19.8 Å². The van der Waals surface area contributed by atoms with Crippen molar-refractivity contribution in [3.05, 3.63) is 0 Å². The Labute approximate surface area is 192 Å². The van der Waals surface area contributed by atoms with Gasteiger partial charge in [-0.15, -0.1) is 0 Å². The van der Waals surface area contributed by atoms with E-state index in [4.69, 9.17) is 31.6 Å². The zero-order chi connectivity index (χ0) is 27.0. The standard InChI is InChI=1S/C11H22N4O6.C6H8O7/c1-14(11(12)13)2-7(18)15-5(3-16)8(19)10(21)9(20)6(15)4-17;7-3(8)1-6(13,5(11)12)2-4(9)10/h5-6,8-10,16-17,19-21H,2-4H2,1H3,(H3,12,13);13H,1-2H2,(H,7,8)(H,9,10)(H,11,12)/t5-,6-,8-,9-;/m1./s1. The number of aliphatic carboxylic acids is 3. The number of carbonyl (C=O) groups is 4. The molecular formula is C17H30N4O13. The number of amides is 1. The van der Waals surface area contributed by atoms with Crippen LogP contribution in [0.4, 0.5) is 0 Å². The van der Waals surface area contributed by atoms with Crippen molar-refractivity contribution in [2.24, 2.45) is 5.73 Å². The van der Waals surface area contributed by atoms with Crippen LogP contribution >= 0.6 is 0 Å². The van der Waals surface area contributed by atoms with Gasteiger partial charge in [0.2, 0.25) is 5.91 Å². The first-order valence-electron chi connectivity index (χ1n) is 9.55. The molecule has 1 rings (SSSR count). The molecule has 1 aliphatic heterocycles. The number of carbonyl (C=O) groups excluding carboxylic acids is 1. The second kappa shape index (κ2) is 13.0. The number of nitrogens with zero attached hydrogens (tertiary/aromatic N) is 2. The first-order valence-corrected chi connectivity index (χ1v) is 9.55. The zero-order valence-corrected chi connectivity index (χ0v) is 18.1. The molecule has 17 heteroatoms. The number of carboxylic acid groups (broad SMARTS) is 3. The molecule has 0 aliphatic carbocycles. The minimum absolute atomic E-state index is 0.335. The van der Waals surface area contributed by atoms with Gasteiger partial charge in [0.25, 0.3) is 0 Å². The number of piperidine rings is 1. The maximum atomic E-state index is 12.3. The van der Waals surface area contributed by atoms with E-state index in [1.165, 1.54) is 7.05 Å². The Balaban J connectivity index is 0.000000722. The van der Waals surface area contributed by atoms with Crippen molar-refractivity contribution in [2.75, 3.05) is 26.8 Å². The highest BCUT2D eigenvalue weighted by Gasteiger charge is 2.49. The fraction of sp³-hybridized carbons (Fsp3) is 0.706. The van der Waals surface area contributed by atoms with E-state index in [1.54, 1.807) is 0 Å². The fourth-order valence-electron chi connectivity index (χ4n) is 3.08. The largest absolute Gasteiger partial charge is 0.481 e. The Kier molecular flexibility index (Phi) is 11.8. The summed E-state index contributed by atoms with van der Waals surface area (Å²) in [5.41, 5.74) is 2.49. The summed E-state index contributed by atoms with van der Waals surface area (Å²) in [5.74, 6) is -6.03. The summed E-state index contributed by atoms with van der Waals surface area (Å²) in [7, 11) is 1.40. The zero-order valence-electron chi connectivity index (χ0n) is 18.1. The Morgan fingerprint density at radius 2 is 1.29 bits per heavy atom. The van der Waals surface area contributed by atoms with Crippen molar-refractivity contribution >= 4 is 29.8 Å². The summed E-state index contributed by atoms with van der Waals surface area (Å²) in [5, 5.41) is 89.1. The number of nitrogens with two attached hydrogens (primary N) is 1. The molecule has 1 amide bonds. The quantitative estimate of drug-likeness (QED) is 0.104. The number of carboxylic acids is 3. The lowest BCUT2D eigenvalue weighted by Gasteiger charge is -2.48. The summed E-state index contributed by atoms with van der Waals surface area (Å²) in [6, 6.07) is -2.35. The van der Waals surface area contributed by atoms with Crippen LogP contribution in [-0.4, -0.2) is 148 Å². The van der Waals surface area contributed by atoms with Crippen LogP contribution in [0.1, 0.15) is 12.8 Å². The van der Waals surface area contributed by atoms with Crippen LogP contribution in [0.2, 0.25) is 0 Å². The molecule has 0 saturated carbocycles. The van der Waals surface area contributed by atoms with Crippen LogP contribution < -0.4 is 5.73 Å². The second-order valence-electron chi connectivity index (χ2n) is 7.49. The van der Waals surface area contributed by atoms with E-state index in [2.05, 4.69) is 0 Å². The van der Waals surface area contributed by atoms with Gasteiger partial charge in [-0.25, -0.2) is 4.79 Å². The monoisotopic (exact) mass is 498 g/mol. The number of rotatable bonds is 9. The van der Waals surface area contributed by atoms with Crippen molar-refractivity contribution in [2.45, 2.75) is 48.8 Å². The van der Waals surface area contributed by atoms with Crippen LogP contribution in [0.15, 0.2) is 0 Å². The summed E-state index contributed by atoms with van der Waals surface area (Å²) in [4.78, 5) is 44.8. The Bertz CT molecular complexity index is 730. The molecule has 0 aromatic carbocycles. The first kappa shape index (κ1) is 30.9. The molecule has 17 nitrogen and oxygen atoms in total. The molecule has 0 aromatic rings. The third-order valence-corrected chi connectivity index (χ3v) is 4.93. The third-order valence-electron chi connectivity index (χ3n) is 4.93. The second-order valence-corrected chi connectivity index (χ2v) is 7.49. The van der Waals surface area contributed by atoms with Gasteiger partial charge in [-0.1, -0.05) is 0 Å². The molecule has 1 aliphatic rings. The Hall–Kier alpha value is -3.09. The average Bonchev–Trinajstić information content (AvgIpc) is 2.70. The van der Waals surface area contributed by atoms with Gasteiger partial charge in [-0.2, -0.15) is 0 Å². The van der Waals surface area contributed by atoms with Crippen molar-refractivity contribution in [1.82, 2.24) is 9.80 Å². The van der Waals surface area contributed by atoms with E-state index in [0.29, 0.717) is 0 Å². The average molecular weight is 498 g/mol. The highest BCUT2D eigenvalue weighted by molar-refractivity contribution is 5.88. The van der Waals surface area contributed by atoms with Gasteiger partial charge < -0.3 is 61.5 Å². The van der Waals surface area contributed by atoms with Gasteiger partial charge in [0, 0.05) is 7.05 Å². The number of nitrogens with one attached hydrogen (secondary N) is 1. The van der Waals surface area contributed by atoms with Crippen LogP contribution in [0, 0.1) is 5.41 Å². The van der Waals surface area contributed by atoms with Crippen LogP contribution in [0.3, 0.4) is 0 Å². The molecule has 1 fully saturated rings. The van der Waals surface area contributed by atoms with E-state index < -0.39 is 85.9 Å². The molecule has 4 atom stereocenters.